The summed E-state index contributed by atoms with van der Waals surface area (Å²) in [6.45, 7) is 4.49. The van der Waals surface area contributed by atoms with Gasteiger partial charge in [-0.05, 0) is 37.1 Å². The lowest BCUT2D eigenvalue weighted by Crippen LogP contribution is -2.22. The van der Waals surface area contributed by atoms with Gasteiger partial charge in [0.05, 0.1) is 5.75 Å². The van der Waals surface area contributed by atoms with Crippen molar-refractivity contribution < 1.29 is 13.4 Å². The van der Waals surface area contributed by atoms with Gasteiger partial charge in [0.15, 0.2) is 5.76 Å². The van der Waals surface area contributed by atoms with Gasteiger partial charge in [0, 0.05) is 23.1 Å². The van der Waals surface area contributed by atoms with Gasteiger partial charge >= 0.3 is 0 Å². The molecule has 0 radical (unpaired) electrons. The van der Waals surface area contributed by atoms with E-state index in [4.69, 9.17) is 4.42 Å². The number of carbonyl (C=O) groups excluding carboxylic acids is 1. The maximum atomic E-state index is 12.3. The summed E-state index contributed by atoms with van der Waals surface area (Å²) < 4.78 is 17.9. The monoisotopic (exact) mass is 381 g/mol. The first-order chi connectivity index (χ1) is 13.0. The summed E-state index contributed by atoms with van der Waals surface area (Å²) in [5, 5.41) is 2.84. The highest BCUT2D eigenvalue weighted by molar-refractivity contribution is 7.83. The zero-order valence-electron chi connectivity index (χ0n) is 15.5. The normalized spacial score (nSPS) is 11.9. The van der Waals surface area contributed by atoms with Gasteiger partial charge in [-0.15, -0.1) is 0 Å². The topological polar surface area (TPSA) is 59.3 Å². The Balaban J connectivity index is 1.52. The molecule has 0 bridgehead atoms. The quantitative estimate of drug-likeness (QED) is 0.665. The lowest BCUT2D eigenvalue weighted by atomic mass is 10.1. The molecule has 3 rings (SSSR count). The molecule has 1 aromatic heterocycles. The molecular formula is C22H23NO3S. The van der Waals surface area contributed by atoms with E-state index in [0.717, 1.165) is 11.1 Å². The average molecular weight is 381 g/mol. The third kappa shape index (κ3) is 5.66. The molecule has 0 unspecified atom stereocenters. The zero-order valence-corrected chi connectivity index (χ0v) is 16.3. The van der Waals surface area contributed by atoms with Crippen LogP contribution in [0.1, 0.15) is 38.6 Å². The summed E-state index contributed by atoms with van der Waals surface area (Å²) in [6.07, 6.45) is 0. The maximum Gasteiger partial charge on any atom is 0.287 e. The van der Waals surface area contributed by atoms with Gasteiger partial charge in [-0.1, -0.05) is 59.7 Å². The van der Waals surface area contributed by atoms with E-state index in [0.29, 0.717) is 23.8 Å². The summed E-state index contributed by atoms with van der Waals surface area (Å²) in [7, 11) is -1.09. The van der Waals surface area contributed by atoms with E-state index in [1.807, 2.05) is 62.4 Å². The van der Waals surface area contributed by atoms with E-state index in [1.54, 1.807) is 12.1 Å². The van der Waals surface area contributed by atoms with E-state index >= 15 is 0 Å². The van der Waals surface area contributed by atoms with Gasteiger partial charge < -0.3 is 9.73 Å². The molecule has 1 heterocycles. The molecule has 27 heavy (non-hydrogen) atoms. The molecule has 0 fully saturated rings. The first kappa shape index (κ1) is 19.1. The molecule has 2 aromatic carbocycles. The van der Waals surface area contributed by atoms with Crippen LogP contribution in [0, 0.1) is 13.8 Å². The molecule has 0 saturated carbocycles. The molecule has 0 aliphatic heterocycles. The number of carbonyl (C=O) groups is 1. The number of benzene rings is 2. The number of amides is 1. The molecular weight excluding hydrogens is 358 g/mol. The lowest BCUT2D eigenvalue weighted by Gasteiger charge is -2.04. The van der Waals surface area contributed by atoms with Gasteiger partial charge in [0.1, 0.15) is 5.76 Å². The Morgan fingerprint density at radius 2 is 1.44 bits per heavy atom. The van der Waals surface area contributed by atoms with Crippen molar-refractivity contribution in [1.29, 1.82) is 0 Å². The van der Waals surface area contributed by atoms with Crippen LogP contribution in [0.2, 0.25) is 0 Å². The third-order valence-corrected chi connectivity index (χ3v) is 5.47. The van der Waals surface area contributed by atoms with Crippen LogP contribution in [-0.2, 0) is 28.9 Å². The summed E-state index contributed by atoms with van der Waals surface area (Å²) in [4.78, 5) is 12.2. The van der Waals surface area contributed by atoms with Crippen LogP contribution >= 0.6 is 0 Å². The van der Waals surface area contributed by atoms with Crippen LogP contribution in [0.5, 0.6) is 0 Å². The van der Waals surface area contributed by atoms with Gasteiger partial charge in [0.25, 0.3) is 5.91 Å². The van der Waals surface area contributed by atoms with Crippen LogP contribution in [-0.4, -0.2) is 10.1 Å². The molecule has 0 aliphatic carbocycles. The Kier molecular flexibility index (Phi) is 6.24. The molecule has 0 aliphatic rings. The number of rotatable bonds is 7. The van der Waals surface area contributed by atoms with Crippen LogP contribution < -0.4 is 5.32 Å². The van der Waals surface area contributed by atoms with Crippen LogP contribution in [0.25, 0.3) is 0 Å². The molecule has 0 spiro atoms. The number of hydrogen-bond donors (Lipinski definition) is 1. The zero-order chi connectivity index (χ0) is 19.2. The Bertz CT molecular complexity index is 927. The van der Waals surface area contributed by atoms with E-state index < -0.39 is 10.8 Å². The largest absolute Gasteiger partial charge is 0.455 e. The minimum absolute atomic E-state index is 0.240. The van der Waals surface area contributed by atoms with Gasteiger partial charge in [-0.2, -0.15) is 0 Å². The first-order valence-electron chi connectivity index (χ1n) is 8.82. The van der Waals surface area contributed by atoms with Crippen LogP contribution in [0.15, 0.2) is 65.1 Å². The lowest BCUT2D eigenvalue weighted by molar-refractivity contribution is 0.0921. The van der Waals surface area contributed by atoms with Crippen molar-refractivity contribution in [3.63, 3.8) is 0 Å². The predicted molar refractivity (Wildman–Crippen MR) is 108 cm³/mol. The van der Waals surface area contributed by atoms with Crippen molar-refractivity contribution >= 4 is 16.7 Å². The van der Waals surface area contributed by atoms with Crippen molar-refractivity contribution in [1.82, 2.24) is 5.32 Å². The summed E-state index contributed by atoms with van der Waals surface area (Å²) in [5.41, 5.74) is 4.41. The number of nitrogens with one attached hydrogen (secondary N) is 1. The molecule has 5 heteroatoms. The molecule has 4 nitrogen and oxygen atoms in total. The van der Waals surface area contributed by atoms with E-state index in [1.165, 1.54) is 11.1 Å². The molecule has 1 atom stereocenters. The van der Waals surface area contributed by atoms with Crippen molar-refractivity contribution in [3.8, 4) is 0 Å². The minimum Gasteiger partial charge on any atom is -0.455 e. The van der Waals surface area contributed by atoms with Gasteiger partial charge in [-0.25, -0.2) is 0 Å². The second-order valence-electron chi connectivity index (χ2n) is 6.65. The highest BCUT2D eigenvalue weighted by Gasteiger charge is 2.13. The third-order valence-electron chi connectivity index (χ3n) is 4.21. The summed E-state index contributed by atoms with van der Waals surface area (Å²) in [6, 6.07) is 19.3. The van der Waals surface area contributed by atoms with E-state index in [-0.39, 0.29) is 11.7 Å². The molecule has 3 aromatic rings. The summed E-state index contributed by atoms with van der Waals surface area (Å²) >= 11 is 0. The van der Waals surface area contributed by atoms with Crippen LogP contribution in [0.3, 0.4) is 0 Å². The maximum absolute atomic E-state index is 12.3. The standard InChI is InChI=1S/C22H23NO3S/c1-16-3-7-18(8-4-16)13-23-22(24)21-12-11-20(26-21)15-27(25)14-19-9-5-17(2)6-10-19/h3-12H,13-15H2,1-2H3,(H,23,24)/t27-/m0/s1. The Labute approximate surface area is 162 Å². The minimum atomic E-state index is -1.09. The van der Waals surface area contributed by atoms with E-state index in [2.05, 4.69) is 5.32 Å². The fraction of sp³-hybridized carbons (Fsp3) is 0.227. The van der Waals surface area contributed by atoms with E-state index in [9.17, 15) is 9.00 Å². The highest BCUT2D eigenvalue weighted by Crippen LogP contribution is 2.14. The van der Waals surface area contributed by atoms with Crippen molar-refractivity contribution in [2.45, 2.75) is 31.9 Å². The fourth-order valence-electron chi connectivity index (χ4n) is 2.63. The van der Waals surface area contributed by atoms with Crippen molar-refractivity contribution in [3.05, 3.63) is 94.4 Å². The van der Waals surface area contributed by atoms with Crippen molar-refractivity contribution in [2.24, 2.45) is 0 Å². The highest BCUT2D eigenvalue weighted by atomic mass is 32.2. The molecule has 140 valence electrons. The Hall–Kier alpha value is -2.66. The Morgan fingerprint density at radius 1 is 0.852 bits per heavy atom. The van der Waals surface area contributed by atoms with Crippen LogP contribution in [0.4, 0.5) is 0 Å². The van der Waals surface area contributed by atoms with Crippen molar-refractivity contribution in [2.75, 3.05) is 0 Å². The molecule has 0 saturated heterocycles. The summed E-state index contributed by atoms with van der Waals surface area (Å²) in [5.74, 6) is 1.28. The number of furan rings is 1. The van der Waals surface area contributed by atoms with Gasteiger partial charge in [-0.3, -0.25) is 9.00 Å². The first-order valence-corrected chi connectivity index (χ1v) is 10.3. The number of hydrogen-bond acceptors (Lipinski definition) is 3. The number of aryl methyl sites for hydroxylation is 2. The second-order valence-corrected chi connectivity index (χ2v) is 8.11. The second kappa shape index (κ2) is 8.82. The predicted octanol–water partition coefficient (Wildman–Crippen LogP) is 4.28. The SMILES string of the molecule is Cc1ccc(CNC(=O)c2ccc(C[S@@](=O)Cc3ccc(C)cc3)o2)cc1. The smallest absolute Gasteiger partial charge is 0.287 e. The Morgan fingerprint density at radius 3 is 2.07 bits per heavy atom. The average Bonchev–Trinajstić information content (AvgIpc) is 3.11. The van der Waals surface area contributed by atoms with Gasteiger partial charge in [0.2, 0.25) is 0 Å². The fourth-order valence-corrected chi connectivity index (χ4v) is 3.77. The molecule has 1 amide bonds. The molecule has 1 N–H and O–H groups in total.